The van der Waals surface area contributed by atoms with E-state index in [0.29, 0.717) is 17.5 Å². The molecule has 5 nitrogen and oxygen atoms in total. The second-order valence-electron chi connectivity index (χ2n) is 4.82. The Kier molecular flexibility index (Phi) is 4.86. The average Bonchev–Trinajstić information content (AvgIpc) is 2.94. The van der Waals surface area contributed by atoms with E-state index in [-0.39, 0.29) is 5.41 Å². The minimum Gasteiger partial charge on any atom is -0.339 e. The predicted molar refractivity (Wildman–Crippen MR) is 78.9 cm³/mol. The highest BCUT2D eigenvalue weighted by Crippen LogP contribution is 2.30. The fourth-order valence-electron chi connectivity index (χ4n) is 1.18. The molecule has 8 heteroatoms. The second kappa shape index (κ2) is 6.23. The Balaban J connectivity index is 1.93. The lowest BCUT2D eigenvalue weighted by Crippen LogP contribution is -2.11. The summed E-state index contributed by atoms with van der Waals surface area (Å²) >= 11 is 4.90. The first-order valence-corrected chi connectivity index (χ1v) is 8.70. The number of aromatic nitrogens is 4. The van der Waals surface area contributed by atoms with E-state index in [9.17, 15) is 0 Å². The summed E-state index contributed by atoms with van der Waals surface area (Å²) < 4.78 is 7.20. The summed E-state index contributed by atoms with van der Waals surface area (Å²) in [5.41, 5.74) is -0.108. The molecular weight excluding hydrogens is 300 g/mol. The maximum Gasteiger partial charge on any atom is 0.232 e. The standard InChI is InChI=1S/C11H16N4OS3/c1-5-17-9-13-14-10(19-9)18-6-7-12-8(16-15-7)11(2,3)4/h5-6H2,1-4H3. The number of thioether (sulfide) groups is 2. The van der Waals surface area contributed by atoms with Crippen LogP contribution in [0.4, 0.5) is 0 Å². The van der Waals surface area contributed by atoms with Gasteiger partial charge in [-0.15, -0.1) is 10.2 Å². The topological polar surface area (TPSA) is 64.7 Å². The van der Waals surface area contributed by atoms with E-state index in [1.165, 1.54) is 0 Å². The lowest BCUT2D eigenvalue weighted by atomic mass is 9.97. The molecule has 104 valence electrons. The largest absolute Gasteiger partial charge is 0.339 e. The molecule has 2 rings (SSSR count). The Morgan fingerprint density at radius 2 is 1.84 bits per heavy atom. The Labute approximate surface area is 125 Å². The summed E-state index contributed by atoms with van der Waals surface area (Å²) in [5.74, 6) is 3.04. The van der Waals surface area contributed by atoms with Gasteiger partial charge in [0.05, 0.1) is 5.75 Å². The Hall–Kier alpha value is -0.600. The predicted octanol–water partition coefficient (Wildman–Crippen LogP) is 3.62. The van der Waals surface area contributed by atoms with E-state index in [2.05, 4.69) is 48.0 Å². The maximum atomic E-state index is 5.25. The van der Waals surface area contributed by atoms with Crippen molar-refractivity contribution in [1.82, 2.24) is 20.3 Å². The van der Waals surface area contributed by atoms with E-state index >= 15 is 0 Å². The van der Waals surface area contributed by atoms with Gasteiger partial charge in [0, 0.05) is 5.41 Å². The van der Waals surface area contributed by atoms with E-state index in [4.69, 9.17) is 4.52 Å². The van der Waals surface area contributed by atoms with Gasteiger partial charge in [-0.05, 0) is 5.75 Å². The summed E-state index contributed by atoms with van der Waals surface area (Å²) in [6, 6.07) is 0. The van der Waals surface area contributed by atoms with Crippen LogP contribution in [0.1, 0.15) is 39.4 Å². The van der Waals surface area contributed by atoms with Gasteiger partial charge >= 0.3 is 0 Å². The van der Waals surface area contributed by atoms with Gasteiger partial charge in [0.2, 0.25) is 5.89 Å². The van der Waals surface area contributed by atoms with Gasteiger partial charge in [-0.2, -0.15) is 4.98 Å². The first-order chi connectivity index (χ1) is 8.99. The van der Waals surface area contributed by atoms with Crippen LogP contribution in [0.15, 0.2) is 13.2 Å². The van der Waals surface area contributed by atoms with E-state index in [1.807, 2.05) is 0 Å². The average molecular weight is 316 g/mol. The molecule has 0 unspecified atom stereocenters. The van der Waals surface area contributed by atoms with Gasteiger partial charge in [-0.1, -0.05) is 67.7 Å². The van der Waals surface area contributed by atoms with Crippen LogP contribution in [0.5, 0.6) is 0 Å². The summed E-state index contributed by atoms with van der Waals surface area (Å²) in [5, 5.41) is 12.2. The molecule has 2 aromatic heterocycles. The van der Waals surface area contributed by atoms with Crippen molar-refractivity contribution in [2.24, 2.45) is 0 Å². The second-order valence-corrected chi connectivity index (χ2v) is 8.53. The van der Waals surface area contributed by atoms with Gasteiger partial charge in [0.15, 0.2) is 14.5 Å². The molecule has 19 heavy (non-hydrogen) atoms. The molecule has 0 atom stereocenters. The van der Waals surface area contributed by atoms with Gasteiger partial charge in [-0.25, -0.2) is 0 Å². The van der Waals surface area contributed by atoms with Crippen LogP contribution in [-0.2, 0) is 11.2 Å². The SMILES string of the molecule is CCSc1nnc(SCc2noc(C(C)(C)C)n2)s1. The highest BCUT2D eigenvalue weighted by atomic mass is 32.2. The minimum absolute atomic E-state index is 0.108. The summed E-state index contributed by atoms with van der Waals surface area (Å²) in [6.07, 6.45) is 0. The summed E-state index contributed by atoms with van der Waals surface area (Å²) in [4.78, 5) is 4.39. The molecule has 0 fully saturated rings. The third-order valence-electron chi connectivity index (χ3n) is 2.09. The zero-order chi connectivity index (χ0) is 13.9. The normalized spacial score (nSPS) is 12.0. The molecular formula is C11H16N4OS3. The third kappa shape index (κ3) is 4.19. The minimum atomic E-state index is -0.108. The molecule has 0 aromatic carbocycles. The molecule has 0 saturated carbocycles. The first-order valence-electron chi connectivity index (χ1n) is 5.91. The first kappa shape index (κ1) is 14.8. The van der Waals surface area contributed by atoms with Crippen LogP contribution in [0.3, 0.4) is 0 Å². The highest BCUT2D eigenvalue weighted by molar-refractivity contribution is 8.02. The van der Waals surface area contributed by atoms with E-state index < -0.39 is 0 Å². The molecule has 0 radical (unpaired) electrons. The van der Waals surface area contributed by atoms with Crippen LogP contribution in [0.25, 0.3) is 0 Å². The zero-order valence-electron chi connectivity index (χ0n) is 11.3. The fourth-order valence-corrected chi connectivity index (χ4v) is 3.94. The van der Waals surface area contributed by atoms with Crippen LogP contribution in [0.2, 0.25) is 0 Å². The molecule has 0 aliphatic carbocycles. The van der Waals surface area contributed by atoms with Crippen LogP contribution >= 0.6 is 34.9 Å². The lowest BCUT2D eigenvalue weighted by Gasteiger charge is -2.10. The van der Waals surface area contributed by atoms with Crippen molar-refractivity contribution in [1.29, 1.82) is 0 Å². The van der Waals surface area contributed by atoms with Gasteiger partial charge < -0.3 is 4.52 Å². The Morgan fingerprint density at radius 1 is 1.16 bits per heavy atom. The van der Waals surface area contributed by atoms with Crippen molar-refractivity contribution in [3.63, 3.8) is 0 Å². The Morgan fingerprint density at radius 3 is 2.42 bits per heavy atom. The highest BCUT2D eigenvalue weighted by Gasteiger charge is 2.21. The number of nitrogens with zero attached hydrogens (tertiary/aromatic N) is 4. The van der Waals surface area contributed by atoms with Crippen molar-refractivity contribution >= 4 is 34.9 Å². The van der Waals surface area contributed by atoms with Crippen molar-refractivity contribution in [3.05, 3.63) is 11.7 Å². The summed E-state index contributed by atoms with van der Waals surface area (Å²) in [7, 11) is 0. The van der Waals surface area contributed by atoms with Crippen molar-refractivity contribution in [3.8, 4) is 0 Å². The molecule has 0 aliphatic heterocycles. The van der Waals surface area contributed by atoms with E-state index in [1.54, 1.807) is 34.9 Å². The molecule has 0 amide bonds. The monoisotopic (exact) mass is 316 g/mol. The molecule has 0 bridgehead atoms. The number of hydrogen-bond donors (Lipinski definition) is 0. The molecule has 2 heterocycles. The molecule has 2 aromatic rings. The number of rotatable bonds is 5. The van der Waals surface area contributed by atoms with Crippen molar-refractivity contribution < 1.29 is 4.52 Å². The van der Waals surface area contributed by atoms with Gasteiger partial charge in [-0.3, -0.25) is 0 Å². The van der Waals surface area contributed by atoms with E-state index in [0.717, 1.165) is 14.4 Å². The molecule has 0 saturated heterocycles. The lowest BCUT2D eigenvalue weighted by molar-refractivity contribution is 0.319. The van der Waals surface area contributed by atoms with Crippen molar-refractivity contribution in [2.75, 3.05) is 5.75 Å². The van der Waals surface area contributed by atoms with Crippen LogP contribution in [0, 0.1) is 0 Å². The van der Waals surface area contributed by atoms with Gasteiger partial charge in [0.25, 0.3) is 0 Å². The third-order valence-corrected chi connectivity index (χ3v) is 5.16. The Bertz CT molecular complexity index is 532. The van der Waals surface area contributed by atoms with Gasteiger partial charge in [0.1, 0.15) is 0 Å². The van der Waals surface area contributed by atoms with Crippen LogP contribution in [-0.4, -0.2) is 26.1 Å². The molecule has 0 spiro atoms. The maximum absolute atomic E-state index is 5.25. The number of hydrogen-bond acceptors (Lipinski definition) is 8. The quantitative estimate of drug-likeness (QED) is 0.780. The smallest absolute Gasteiger partial charge is 0.232 e. The fraction of sp³-hybridized carbons (Fsp3) is 0.636. The van der Waals surface area contributed by atoms with Crippen LogP contribution < -0.4 is 0 Å². The summed E-state index contributed by atoms with van der Waals surface area (Å²) in [6.45, 7) is 8.26. The zero-order valence-corrected chi connectivity index (χ0v) is 13.8. The molecule has 0 aliphatic rings. The molecule has 0 N–H and O–H groups in total. The van der Waals surface area contributed by atoms with Crippen molar-refractivity contribution in [2.45, 2.75) is 47.5 Å².